The Kier molecular flexibility index (Phi) is 21.6. The number of unbranched alkanes of at least 4 members (excludes halogenated alkanes) is 14. The molecule has 0 saturated heterocycles. The highest BCUT2D eigenvalue weighted by Crippen LogP contribution is 2.48. The number of allylic oxidation sites excluding steroid dienone is 1. The van der Waals surface area contributed by atoms with Gasteiger partial charge in [0.15, 0.2) is 0 Å². The Labute approximate surface area is 177 Å². The van der Waals surface area contributed by atoms with E-state index < -0.39 is 7.82 Å². The summed E-state index contributed by atoms with van der Waals surface area (Å²) in [5.74, 6) is 0.375. The normalized spacial score (nSPS) is 13.8. The van der Waals surface area contributed by atoms with E-state index in [-0.39, 0.29) is 6.61 Å². The van der Waals surface area contributed by atoms with Crippen LogP contribution in [0.2, 0.25) is 0 Å². The Morgan fingerprint density at radius 1 is 0.821 bits per heavy atom. The fraction of sp³-hybridized carbons (Fsp3) is 0.905. The molecule has 7 heteroatoms. The van der Waals surface area contributed by atoms with Gasteiger partial charge in [-0.25, -0.2) is 9.82 Å². The summed E-state index contributed by atoms with van der Waals surface area (Å²) >= 11 is 5.50. The van der Waals surface area contributed by atoms with Gasteiger partial charge in [0, 0.05) is 5.88 Å². The molecule has 0 heterocycles. The predicted molar refractivity (Wildman–Crippen MR) is 118 cm³/mol. The van der Waals surface area contributed by atoms with Gasteiger partial charge in [0.2, 0.25) is 0 Å². The van der Waals surface area contributed by atoms with Crippen LogP contribution in [0.15, 0.2) is 12.3 Å². The lowest BCUT2D eigenvalue weighted by Gasteiger charge is -2.11. The van der Waals surface area contributed by atoms with E-state index in [2.05, 4.69) is 11.6 Å². The number of phosphoric acid groups is 1. The Bertz CT molecular complexity index is 393. The van der Waals surface area contributed by atoms with Crippen LogP contribution in [0.4, 0.5) is 0 Å². The first-order valence-corrected chi connectivity index (χ1v) is 13.1. The molecule has 0 saturated carbocycles. The van der Waals surface area contributed by atoms with Crippen molar-refractivity contribution in [3.8, 4) is 0 Å². The van der Waals surface area contributed by atoms with Crippen molar-refractivity contribution in [2.45, 2.75) is 110 Å². The Balaban J connectivity index is 3.38. The average Bonchev–Trinajstić information content (AvgIpc) is 2.70. The molecule has 0 aromatic heterocycles. The van der Waals surface area contributed by atoms with Crippen LogP contribution in [0.5, 0.6) is 0 Å². The Morgan fingerprint density at radius 3 is 1.79 bits per heavy atom. The van der Waals surface area contributed by atoms with E-state index in [1.54, 1.807) is 6.08 Å². The highest BCUT2D eigenvalue weighted by atomic mass is 35.5. The van der Waals surface area contributed by atoms with Gasteiger partial charge in [-0.15, -0.1) is 16.3 Å². The van der Waals surface area contributed by atoms with Crippen molar-refractivity contribution in [3.63, 3.8) is 0 Å². The second-order valence-electron chi connectivity index (χ2n) is 7.27. The largest absolute Gasteiger partial charge is 0.557 e. The first-order chi connectivity index (χ1) is 13.7. The lowest BCUT2D eigenvalue weighted by atomic mass is 10.0. The summed E-state index contributed by atoms with van der Waals surface area (Å²) in [7, 11) is -3.91. The topological polar surface area (TPSA) is 65.0 Å². The molecule has 28 heavy (non-hydrogen) atoms. The van der Waals surface area contributed by atoms with E-state index >= 15 is 0 Å². The lowest BCUT2D eigenvalue weighted by molar-refractivity contribution is -0.162. The number of alkyl halides is 1. The van der Waals surface area contributed by atoms with Crippen molar-refractivity contribution >= 4 is 19.4 Å². The standard InChI is InChI=1S/C21H42ClO5P/c1-2-3-4-5-6-7-8-9-10-11-12-13-14-15-16-17-20-25-28(24,27-23)26-21-18-19-22/h17,20,23H,2-16,18-19,21H2,1H3. The Hall–Kier alpha value is -0.0600. The zero-order valence-electron chi connectivity index (χ0n) is 17.8. The zero-order chi connectivity index (χ0) is 20.8. The predicted octanol–water partition coefficient (Wildman–Crippen LogP) is 8.63. The maximum atomic E-state index is 11.8. The first-order valence-electron chi connectivity index (χ1n) is 11.2. The van der Waals surface area contributed by atoms with Crippen molar-refractivity contribution in [3.05, 3.63) is 12.3 Å². The average molecular weight is 441 g/mol. The van der Waals surface area contributed by atoms with Crippen LogP contribution in [0.1, 0.15) is 110 Å². The summed E-state index contributed by atoms with van der Waals surface area (Å²) in [6, 6.07) is 0. The molecule has 1 N–H and O–H groups in total. The van der Waals surface area contributed by atoms with Crippen molar-refractivity contribution < 1.29 is 23.5 Å². The molecule has 0 rings (SSSR count). The van der Waals surface area contributed by atoms with Crippen LogP contribution in [-0.2, 0) is 18.3 Å². The SMILES string of the molecule is CCCCCCCCCCCCCCCCC=COP(=O)(OO)OCCCCl. The third-order valence-electron chi connectivity index (χ3n) is 4.64. The highest BCUT2D eigenvalue weighted by molar-refractivity contribution is 7.48. The fourth-order valence-corrected chi connectivity index (χ4v) is 3.79. The molecule has 5 nitrogen and oxygen atoms in total. The molecule has 0 amide bonds. The van der Waals surface area contributed by atoms with Gasteiger partial charge in [-0.1, -0.05) is 90.4 Å². The summed E-state index contributed by atoms with van der Waals surface area (Å²) in [6.07, 6.45) is 23.0. The van der Waals surface area contributed by atoms with Crippen LogP contribution in [0.25, 0.3) is 0 Å². The van der Waals surface area contributed by atoms with Crippen LogP contribution in [0.3, 0.4) is 0 Å². The molecule has 0 radical (unpaired) electrons. The first kappa shape index (κ1) is 27.9. The number of rotatable bonds is 22. The molecule has 0 aliphatic carbocycles. The zero-order valence-corrected chi connectivity index (χ0v) is 19.4. The van der Waals surface area contributed by atoms with Gasteiger partial charge >= 0.3 is 7.82 Å². The third kappa shape index (κ3) is 19.3. The molecule has 0 aromatic rings. The summed E-state index contributed by atoms with van der Waals surface area (Å²) in [5, 5.41) is 8.64. The molecule has 1 atom stereocenters. The lowest BCUT2D eigenvalue weighted by Crippen LogP contribution is -1.97. The van der Waals surface area contributed by atoms with Crippen LogP contribution < -0.4 is 0 Å². The van der Waals surface area contributed by atoms with Crippen molar-refractivity contribution in [2.24, 2.45) is 0 Å². The maximum absolute atomic E-state index is 11.8. The van der Waals surface area contributed by atoms with Crippen molar-refractivity contribution in [2.75, 3.05) is 12.5 Å². The van der Waals surface area contributed by atoms with Crippen LogP contribution in [0, 0.1) is 0 Å². The van der Waals surface area contributed by atoms with E-state index in [4.69, 9.17) is 25.9 Å². The monoisotopic (exact) mass is 440 g/mol. The third-order valence-corrected chi connectivity index (χ3v) is 5.98. The molecule has 1 unspecified atom stereocenters. The number of hydrogen-bond acceptors (Lipinski definition) is 5. The van der Waals surface area contributed by atoms with E-state index in [1.165, 1.54) is 89.7 Å². The number of phosphoric ester groups is 1. The quantitative estimate of drug-likeness (QED) is 0.0455. The second-order valence-corrected chi connectivity index (χ2v) is 9.17. The maximum Gasteiger partial charge on any atom is 0.557 e. The van der Waals surface area contributed by atoms with Crippen molar-refractivity contribution in [1.29, 1.82) is 0 Å². The molecular formula is C21H42ClO5P. The van der Waals surface area contributed by atoms with Gasteiger partial charge in [0.05, 0.1) is 12.9 Å². The fourth-order valence-electron chi connectivity index (χ4n) is 2.95. The smallest absolute Gasteiger partial charge is 0.411 e. The summed E-state index contributed by atoms with van der Waals surface area (Å²) in [6.45, 7) is 2.37. The summed E-state index contributed by atoms with van der Waals surface area (Å²) in [4.78, 5) is 0. The summed E-state index contributed by atoms with van der Waals surface area (Å²) < 4.78 is 25.4. The van der Waals surface area contributed by atoms with E-state index in [0.717, 1.165) is 12.8 Å². The van der Waals surface area contributed by atoms with Crippen molar-refractivity contribution in [1.82, 2.24) is 0 Å². The second kappa shape index (κ2) is 21.6. The minimum Gasteiger partial charge on any atom is -0.411 e. The Morgan fingerprint density at radius 2 is 1.32 bits per heavy atom. The van der Waals surface area contributed by atoms with Gasteiger partial charge in [0.1, 0.15) is 0 Å². The van der Waals surface area contributed by atoms with E-state index in [9.17, 15) is 4.57 Å². The molecule has 0 spiro atoms. The summed E-state index contributed by atoms with van der Waals surface area (Å²) in [5.41, 5.74) is 0. The van der Waals surface area contributed by atoms with E-state index in [1.807, 2.05) is 0 Å². The molecule has 168 valence electrons. The van der Waals surface area contributed by atoms with Gasteiger partial charge in [-0.2, -0.15) is 0 Å². The van der Waals surface area contributed by atoms with Crippen LogP contribution in [-0.4, -0.2) is 17.7 Å². The van der Waals surface area contributed by atoms with Gasteiger partial charge in [-0.3, -0.25) is 4.52 Å². The minimum atomic E-state index is -3.91. The van der Waals surface area contributed by atoms with Gasteiger partial charge in [0.25, 0.3) is 0 Å². The molecule has 0 aromatic carbocycles. The minimum absolute atomic E-state index is 0.105. The van der Waals surface area contributed by atoms with Gasteiger partial charge in [-0.05, 0) is 25.3 Å². The number of halogens is 1. The molecule has 0 bridgehead atoms. The molecular weight excluding hydrogens is 399 g/mol. The van der Waals surface area contributed by atoms with Gasteiger partial charge < -0.3 is 4.52 Å². The van der Waals surface area contributed by atoms with E-state index in [0.29, 0.717) is 12.3 Å². The molecule has 0 aliphatic rings. The molecule has 0 fully saturated rings. The number of hydrogen-bond donors (Lipinski definition) is 1. The molecule has 0 aliphatic heterocycles. The van der Waals surface area contributed by atoms with Crippen LogP contribution >= 0.6 is 19.4 Å². The highest BCUT2D eigenvalue weighted by Gasteiger charge is 2.26.